The highest BCUT2D eigenvalue weighted by atomic mass is 19.1. The number of carbonyl (C=O) groups excluding carboxylic acids is 1. The van der Waals surface area contributed by atoms with E-state index in [-0.39, 0.29) is 5.82 Å². The number of amides is 1. The standard InChI is InChI=1S/C23H32FN3O2/c1-3-4-9-20-22(18-7-5-8-19(24)16-18)21(23(25)28)17(2)27(20)11-6-10-26-12-14-29-15-13-26/h5,7-8,16H,3-4,6,9-15H2,1-2H3,(H2,25,28). The zero-order valence-electron chi connectivity index (χ0n) is 17.5. The van der Waals surface area contributed by atoms with E-state index >= 15 is 0 Å². The molecule has 1 aliphatic heterocycles. The molecular formula is C23H32FN3O2. The van der Waals surface area contributed by atoms with Gasteiger partial charge in [-0.3, -0.25) is 9.69 Å². The summed E-state index contributed by atoms with van der Waals surface area (Å²) >= 11 is 0. The maximum Gasteiger partial charge on any atom is 0.251 e. The van der Waals surface area contributed by atoms with Crippen LogP contribution in [0, 0.1) is 12.7 Å². The normalized spacial score (nSPS) is 15.0. The fraction of sp³-hybridized carbons (Fsp3) is 0.522. The van der Waals surface area contributed by atoms with E-state index in [0.29, 0.717) is 5.56 Å². The number of hydrogen-bond acceptors (Lipinski definition) is 3. The van der Waals surface area contributed by atoms with Gasteiger partial charge in [0.1, 0.15) is 5.82 Å². The number of ether oxygens (including phenoxy) is 1. The molecule has 6 heteroatoms. The zero-order valence-corrected chi connectivity index (χ0v) is 17.5. The molecule has 0 spiro atoms. The lowest BCUT2D eigenvalue weighted by Crippen LogP contribution is -2.37. The van der Waals surface area contributed by atoms with Crippen LogP contribution in [0.25, 0.3) is 11.1 Å². The van der Waals surface area contributed by atoms with Crippen LogP contribution in [0.2, 0.25) is 0 Å². The van der Waals surface area contributed by atoms with E-state index < -0.39 is 5.91 Å². The van der Waals surface area contributed by atoms with E-state index in [0.717, 1.165) is 87.6 Å². The van der Waals surface area contributed by atoms with Crippen molar-refractivity contribution in [2.45, 2.75) is 46.1 Å². The minimum Gasteiger partial charge on any atom is -0.379 e. The first-order chi connectivity index (χ1) is 14.0. The van der Waals surface area contributed by atoms with Gasteiger partial charge in [0.2, 0.25) is 0 Å². The third-order valence-corrected chi connectivity index (χ3v) is 5.72. The summed E-state index contributed by atoms with van der Waals surface area (Å²) in [5.74, 6) is -0.761. The number of benzene rings is 1. The molecule has 158 valence electrons. The third kappa shape index (κ3) is 5.06. The molecule has 5 nitrogen and oxygen atoms in total. The summed E-state index contributed by atoms with van der Waals surface area (Å²) in [5, 5.41) is 0. The van der Waals surface area contributed by atoms with Crippen LogP contribution in [0.1, 0.15) is 47.9 Å². The fourth-order valence-corrected chi connectivity index (χ4v) is 4.24. The lowest BCUT2D eigenvalue weighted by atomic mass is 9.97. The van der Waals surface area contributed by atoms with Gasteiger partial charge in [0, 0.05) is 43.1 Å². The second-order valence-corrected chi connectivity index (χ2v) is 7.72. The summed E-state index contributed by atoms with van der Waals surface area (Å²) < 4.78 is 21.6. The first-order valence-electron chi connectivity index (χ1n) is 10.6. The Hall–Kier alpha value is -2.18. The Morgan fingerprint density at radius 1 is 1.21 bits per heavy atom. The predicted octanol–water partition coefficient (Wildman–Crippen LogP) is 3.77. The summed E-state index contributed by atoms with van der Waals surface area (Å²) in [7, 11) is 0. The second-order valence-electron chi connectivity index (χ2n) is 7.72. The average molecular weight is 402 g/mol. The van der Waals surface area contributed by atoms with Crippen molar-refractivity contribution in [2.24, 2.45) is 5.73 Å². The van der Waals surface area contributed by atoms with Crippen molar-refractivity contribution in [3.8, 4) is 11.1 Å². The summed E-state index contributed by atoms with van der Waals surface area (Å²) in [5.41, 5.74) is 9.79. The highest BCUT2D eigenvalue weighted by Crippen LogP contribution is 2.34. The number of halogens is 1. The molecule has 1 aromatic heterocycles. The summed E-state index contributed by atoms with van der Waals surface area (Å²) in [6.07, 6.45) is 3.88. The number of nitrogens with zero attached hydrogens (tertiary/aromatic N) is 2. The van der Waals surface area contributed by atoms with E-state index in [2.05, 4.69) is 16.4 Å². The molecule has 0 saturated carbocycles. The number of nitrogens with two attached hydrogens (primary N) is 1. The highest BCUT2D eigenvalue weighted by molar-refractivity contribution is 6.02. The van der Waals surface area contributed by atoms with E-state index in [1.54, 1.807) is 6.07 Å². The molecule has 3 rings (SSSR count). The van der Waals surface area contributed by atoms with Crippen LogP contribution < -0.4 is 5.73 Å². The smallest absolute Gasteiger partial charge is 0.251 e. The minimum atomic E-state index is -0.452. The highest BCUT2D eigenvalue weighted by Gasteiger charge is 2.24. The Bertz CT molecular complexity index is 841. The van der Waals surface area contributed by atoms with Crippen molar-refractivity contribution in [3.63, 3.8) is 0 Å². The molecule has 0 atom stereocenters. The molecule has 1 aliphatic rings. The van der Waals surface area contributed by atoms with Crippen LogP contribution in [0.15, 0.2) is 24.3 Å². The van der Waals surface area contributed by atoms with Gasteiger partial charge >= 0.3 is 0 Å². The molecule has 1 fully saturated rings. The molecule has 0 unspecified atom stereocenters. The van der Waals surface area contributed by atoms with Gasteiger partial charge in [-0.05, 0) is 43.9 Å². The maximum absolute atomic E-state index is 13.9. The molecule has 2 heterocycles. The number of primary amides is 1. The SMILES string of the molecule is CCCCc1c(-c2cccc(F)c2)c(C(N)=O)c(C)n1CCCN1CCOCC1. The van der Waals surface area contributed by atoms with Crippen LogP contribution in [0.3, 0.4) is 0 Å². The van der Waals surface area contributed by atoms with Crippen molar-refractivity contribution >= 4 is 5.91 Å². The van der Waals surface area contributed by atoms with Gasteiger partial charge in [-0.15, -0.1) is 0 Å². The van der Waals surface area contributed by atoms with Crippen LogP contribution in [0.5, 0.6) is 0 Å². The first kappa shape index (κ1) is 21.5. The average Bonchev–Trinajstić information content (AvgIpc) is 2.99. The zero-order chi connectivity index (χ0) is 20.8. The molecule has 0 bridgehead atoms. The molecule has 1 aromatic carbocycles. The van der Waals surface area contributed by atoms with Crippen molar-refractivity contribution in [1.29, 1.82) is 0 Å². The van der Waals surface area contributed by atoms with E-state index in [1.165, 1.54) is 12.1 Å². The van der Waals surface area contributed by atoms with Crippen LogP contribution in [0.4, 0.5) is 4.39 Å². The number of carbonyl (C=O) groups is 1. The van der Waals surface area contributed by atoms with Gasteiger partial charge in [0.25, 0.3) is 5.91 Å². The molecule has 29 heavy (non-hydrogen) atoms. The summed E-state index contributed by atoms with van der Waals surface area (Å²) in [6, 6.07) is 6.46. The Morgan fingerprint density at radius 2 is 1.97 bits per heavy atom. The lowest BCUT2D eigenvalue weighted by Gasteiger charge is -2.26. The van der Waals surface area contributed by atoms with Crippen molar-refractivity contribution in [2.75, 3.05) is 32.8 Å². The van der Waals surface area contributed by atoms with Crippen LogP contribution in [-0.2, 0) is 17.7 Å². The number of hydrogen-bond donors (Lipinski definition) is 1. The van der Waals surface area contributed by atoms with Crippen LogP contribution >= 0.6 is 0 Å². The minimum absolute atomic E-state index is 0.308. The Morgan fingerprint density at radius 3 is 2.62 bits per heavy atom. The predicted molar refractivity (Wildman–Crippen MR) is 114 cm³/mol. The maximum atomic E-state index is 13.9. The van der Waals surface area contributed by atoms with Gasteiger partial charge in [-0.25, -0.2) is 4.39 Å². The third-order valence-electron chi connectivity index (χ3n) is 5.72. The molecule has 1 amide bonds. The largest absolute Gasteiger partial charge is 0.379 e. The summed E-state index contributed by atoms with van der Waals surface area (Å²) in [6.45, 7) is 9.43. The fourth-order valence-electron chi connectivity index (χ4n) is 4.24. The first-order valence-corrected chi connectivity index (χ1v) is 10.6. The van der Waals surface area contributed by atoms with Gasteiger partial charge in [0.15, 0.2) is 0 Å². The second kappa shape index (κ2) is 10.0. The van der Waals surface area contributed by atoms with E-state index in [4.69, 9.17) is 10.5 Å². The van der Waals surface area contributed by atoms with E-state index in [9.17, 15) is 9.18 Å². The number of morpholine rings is 1. The Labute approximate surface area is 172 Å². The van der Waals surface area contributed by atoms with Crippen molar-refractivity contribution in [1.82, 2.24) is 9.47 Å². The number of unbranched alkanes of at least 4 members (excludes halogenated alkanes) is 1. The Kier molecular flexibility index (Phi) is 7.45. The summed E-state index contributed by atoms with van der Waals surface area (Å²) in [4.78, 5) is 14.8. The van der Waals surface area contributed by atoms with Crippen molar-refractivity contribution < 1.29 is 13.9 Å². The van der Waals surface area contributed by atoms with Gasteiger partial charge < -0.3 is 15.0 Å². The molecule has 2 aromatic rings. The van der Waals surface area contributed by atoms with Crippen LogP contribution in [-0.4, -0.2) is 48.2 Å². The number of aromatic nitrogens is 1. The van der Waals surface area contributed by atoms with Gasteiger partial charge in [-0.1, -0.05) is 25.5 Å². The quantitative estimate of drug-likeness (QED) is 0.696. The topological polar surface area (TPSA) is 60.5 Å². The molecule has 2 N–H and O–H groups in total. The van der Waals surface area contributed by atoms with Gasteiger partial charge in [-0.2, -0.15) is 0 Å². The van der Waals surface area contributed by atoms with Gasteiger partial charge in [0.05, 0.1) is 18.8 Å². The van der Waals surface area contributed by atoms with E-state index in [1.807, 2.05) is 13.0 Å². The monoisotopic (exact) mass is 401 g/mol. The molecule has 0 radical (unpaired) electrons. The van der Waals surface area contributed by atoms with Crippen molar-refractivity contribution in [3.05, 3.63) is 47.0 Å². The molecular weight excluding hydrogens is 369 g/mol. The molecule has 0 aliphatic carbocycles. The number of rotatable bonds is 9. The lowest BCUT2D eigenvalue weighted by molar-refractivity contribution is 0.0369. The Balaban J connectivity index is 1.95. The molecule has 1 saturated heterocycles.